The van der Waals surface area contributed by atoms with Crippen LogP contribution in [0, 0.1) is 19.7 Å². The van der Waals surface area contributed by atoms with Crippen LogP contribution in [0.25, 0.3) is 39.0 Å². The second-order valence-electron chi connectivity index (χ2n) is 9.99. The molecule has 3 aromatic heterocycles. The molecule has 4 heterocycles. The molecule has 9 nitrogen and oxygen atoms in total. The third-order valence-corrected chi connectivity index (χ3v) is 7.52. The minimum Gasteiger partial charge on any atom is -0.467 e. The van der Waals surface area contributed by atoms with Gasteiger partial charge in [-0.1, -0.05) is 41.9 Å². The highest BCUT2D eigenvalue weighted by molar-refractivity contribution is 6.36. The second-order valence-corrected chi connectivity index (χ2v) is 10.4. The van der Waals surface area contributed by atoms with Crippen LogP contribution in [-0.2, 0) is 4.79 Å². The van der Waals surface area contributed by atoms with Gasteiger partial charge in [0.1, 0.15) is 22.9 Å². The van der Waals surface area contributed by atoms with E-state index in [0.717, 1.165) is 11.1 Å². The fourth-order valence-electron chi connectivity index (χ4n) is 5.27. The Morgan fingerprint density at radius 2 is 1.79 bits per heavy atom. The molecule has 42 heavy (non-hydrogen) atoms. The van der Waals surface area contributed by atoms with Gasteiger partial charge in [0, 0.05) is 60.1 Å². The predicted molar refractivity (Wildman–Crippen MR) is 161 cm³/mol. The lowest BCUT2D eigenvalue weighted by Crippen LogP contribution is -2.48. The molecular formula is C31H27ClFN7O2. The molecule has 5 aromatic rings. The van der Waals surface area contributed by atoms with Crippen molar-refractivity contribution in [1.29, 1.82) is 0 Å². The number of benzene rings is 2. The molecule has 212 valence electrons. The standard InChI is InChI=1S/C31H27ClFN7O2/c1-18-16-21(36-19(2)35-18)10-11-25(41)39-12-14-40(15-13-39)30-23-17-34-28(27(33)29(23)37-31(38-30)42-3)22-8-4-6-20-7-5-9-24(32)26(20)22/h4-11,16-17H,12-15H2,1-3H3/b11-10+. The van der Waals surface area contributed by atoms with Crippen LogP contribution < -0.4 is 9.64 Å². The number of aromatic nitrogens is 5. The lowest BCUT2D eigenvalue weighted by molar-refractivity contribution is -0.126. The number of hydrogen-bond donors (Lipinski definition) is 0. The fraction of sp³-hybridized carbons (Fsp3) is 0.226. The Balaban J connectivity index is 1.28. The highest BCUT2D eigenvalue weighted by Gasteiger charge is 2.25. The number of piperazine rings is 1. The van der Waals surface area contributed by atoms with Crippen LogP contribution >= 0.6 is 11.6 Å². The number of methoxy groups -OCH3 is 1. The number of carbonyl (C=O) groups excluding carboxylic acids is 1. The maximum atomic E-state index is 16.2. The average Bonchev–Trinajstić information content (AvgIpc) is 2.99. The van der Waals surface area contributed by atoms with Gasteiger partial charge >= 0.3 is 6.01 Å². The molecule has 0 radical (unpaired) electrons. The lowest BCUT2D eigenvalue weighted by Gasteiger charge is -2.35. The molecule has 0 N–H and O–H groups in total. The van der Waals surface area contributed by atoms with Crippen molar-refractivity contribution >= 4 is 51.1 Å². The highest BCUT2D eigenvalue weighted by Crippen LogP contribution is 2.37. The first-order valence-corrected chi connectivity index (χ1v) is 13.8. The lowest BCUT2D eigenvalue weighted by atomic mass is 10.0. The third kappa shape index (κ3) is 5.21. The SMILES string of the molecule is COc1nc(N2CCN(C(=O)/C=C/c3cc(C)nc(C)n3)CC2)c2cnc(-c3cccc4cccc(Cl)c34)c(F)c2n1. The van der Waals surface area contributed by atoms with E-state index >= 15 is 4.39 Å². The smallest absolute Gasteiger partial charge is 0.318 e. The number of aryl methyl sites for hydroxylation is 2. The van der Waals surface area contributed by atoms with E-state index in [4.69, 9.17) is 16.3 Å². The molecule has 0 spiro atoms. The van der Waals surface area contributed by atoms with Gasteiger partial charge in [-0.3, -0.25) is 9.78 Å². The Morgan fingerprint density at radius 1 is 1.02 bits per heavy atom. The van der Waals surface area contributed by atoms with Crippen molar-refractivity contribution < 1.29 is 13.9 Å². The minimum atomic E-state index is -0.587. The van der Waals surface area contributed by atoms with Gasteiger partial charge in [-0.15, -0.1) is 0 Å². The summed E-state index contributed by atoms with van der Waals surface area (Å²) in [6.45, 7) is 5.60. The second kappa shape index (κ2) is 11.3. The number of rotatable bonds is 5. The molecule has 0 aliphatic carbocycles. The van der Waals surface area contributed by atoms with E-state index in [1.807, 2.05) is 49.1 Å². The zero-order chi connectivity index (χ0) is 29.4. The first-order chi connectivity index (χ1) is 20.3. The maximum absolute atomic E-state index is 16.2. The number of fused-ring (bicyclic) bond motifs is 2. The van der Waals surface area contributed by atoms with Gasteiger partial charge < -0.3 is 14.5 Å². The van der Waals surface area contributed by atoms with Crippen molar-refractivity contribution in [2.24, 2.45) is 0 Å². The van der Waals surface area contributed by atoms with Crippen LogP contribution in [-0.4, -0.2) is 69.0 Å². The third-order valence-electron chi connectivity index (χ3n) is 7.21. The summed E-state index contributed by atoms with van der Waals surface area (Å²) in [5.41, 5.74) is 2.34. The monoisotopic (exact) mass is 583 g/mol. The number of ether oxygens (including phenoxy) is 1. The summed E-state index contributed by atoms with van der Waals surface area (Å²) < 4.78 is 21.5. The topological polar surface area (TPSA) is 97.2 Å². The van der Waals surface area contributed by atoms with Crippen molar-refractivity contribution in [2.45, 2.75) is 13.8 Å². The molecule has 6 rings (SSSR count). The van der Waals surface area contributed by atoms with Gasteiger partial charge in [0.15, 0.2) is 5.82 Å². The van der Waals surface area contributed by atoms with Gasteiger partial charge in [-0.05, 0) is 37.4 Å². The Bertz CT molecular complexity index is 1850. The van der Waals surface area contributed by atoms with Crippen LogP contribution in [0.15, 0.2) is 54.7 Å². The molecule has 11 heteroatoms. The first-order valence-electron chi connectivity index (χ1n) is 13.4. The van der Waals surface area contributed by atoms with Gasteiger partial charge in [-0.2, -0.15) is 9.97 Å². The number of amides is 1. The van der Waals surface area contributed by atoms with E-state index in [-0.39, 0.29) is 23.1 Å². The molecule has 2 aromatic carbocycles. The molecule has 1 amide bonds. The van der Waals surface area contributed by atoms with E-state index in [0.29, 0.717) is 64.9 Å². The van der Waals surface area contributed by atoms with Crippen LogP contribution in [0.2, 0.25) is 5.02 Å². The largest absolute Gasteiger partial charge is 0.467 e. The van der Waals surface area contributed by atoms with E-state index in [1.165, 1.54) is 13.2 Å². The minimum absolute atomic E-state index is 0.0429. The fourth-order valence-corrected chi connectivity index (χ4v) is 5.55. The van der Waals surface area contributed by atoms with Crippen LogP contribution in [0.5, 0.6) is 6.01 Å². The van der Waals surface area contributed by atoms with Crippen molar-refractivity contribution in [3.63, 3.8) is 0 Å². The van der Waals surface area contributed by atoms with Crippen molar-refractivity contribution in [2.75, 3.05) is 38.2 Å². The van der Waals surface area contributed by atoms with Crippen molar-refractivity contribution in [1.82, 2.24) is 29.8 Å². The predicted octanol–water partition coefficient (Wildman–Crippen LogP) is 5.41. The molecule has 1 fully saturated rings. The van der Waals surface area contributed by atoms with Gasteiger partial charge in [0.05, 0.1) is 18.2 Å². The molecule has 1 saturated heterocycles. The summed E-state index contributed by atoms with van der Waals surface area (Å²) in [5.74, 6) is 0.457. The van der Waals surface area contributed by atoms with Crippen molar-refractivity contribution in [3.8, 4) is 17.3 Å². The summed E-state index contributed by atoms with van der Waals surface area (Å²) in [6, 6.07) is 13.0. The number of pyridine rings is 1. The quantitative estimate of drug-likeness (QED) is 0.253. The number of hydrogen-bond acceptors (Lipinski definition) is 8. The number of halogens is 2. The first kappa shape index (κ1) is 27.5. The van der Waals surface area contributed by atoms with Crippen molar-refractivity contribution in [3.05, 3.63) is 82.8 Å². The van der Waals surface area contributed by atoms with Gasteiger partial charge in [0.25, 0.3) is 0 Å². The van der Waals surface area contributed by atoms with Gasteiger partial charge in [0.2, 0.25) is 5.91 Å². The summed E-state index contributed by atoms with van der Waals surface area (Å²) in [7, 11) is 1.44. The zero-order valence-corrected chi connectivity index (χ0v) is 24.1. The molecule has 0 saturated carbocycles. The molecule has 1 aliphatic heterocycles. The van der Waals surface area contributed by atoms with Gasteiger partial charge in [-0.25, -0.2) is 14.4 Å². The Morgan fingerprint density at radius 3 is 2.52 bits per heavy atom. The molecular weight excluding hydrogens is 557 g/mol. The molecule has 0 atom stereocenters. The molecule has 1 aliphatic rings. The van der Waals surface area contributed by atoms with Crippen LogP contribution in [0.1, 0.15) is 17.2 Å². The Hall–Kier alpha value is -4.70. The van der Waals surface area contributed by atoms with Crippen LogP contribution in [0.4, 0.5) is 10.2 Å². The number of nitrogens with zero attached hydrogens (tertiary/aromatic N) is 7. The van der Waals surface area contributed by atoms with Crippen LogP contribution in [0.3, 0.4) is 0 Å². The maximum Gasteiger partial charge on any atom is 0.318 e. The Labute approximate surface area is 246 Å². The molecule has 0 bridgehead atoms. The Kier molecular flexibility index (Phi) is 7.38. The van der Waals surface area contributed by atoms with E-state index < -0.39 is 5.82 Å². The molecule has 0 unspecified atom stereocenters. The number of anilines is 1. The summed E-state index contributed by atoms with van der Waals surface area (Å²) in [5, 5.41) is 2.56. The average molecular weight is 584 g/mol. The van der Waals surface area contributed by atoms with E-state index in [9.17, 15) is 4.79 Å². The zero-order valence-electron chi connectivity index (χ0n) is 23.3. The summed E-state index contributed by atoms with van der Waals surface area (Å²) >= 11 is 6.51. The highest BCUT2D eigenvalue weighted by atomic mass is 35.5. The van der Waals surface area contributed by atoms with E-state index in [1.54, 1.807) is 29.3 Å². The summed E-state index contributed by atoms with van der Waals surface area (Å²) in [4.78, 5) is 38.7. The normalized spacial score (nSPS) is 13.8. The number of carbonyl (C=O) groups is 1. The summed E-state index contributed by atoms with van der Waals surface area (Å²) in [6.07, 6.45) is 4.82. The van der Waals surface area contributed by atoms with E-state index in [2.05, 4.69) is 24.9 Å².